The molecule has 39 heavy (non-hydrogen) atoms. The highest BCUT2D eigenvalue weighted by Gasteiger charge is 2.75. The maximum absolute atomic E-state index is 13.9. The van der Waals surface area contributed by atoms with Crippen LogP contribution in [0.4, 0.5) is 0 Å². The minimum atomic E-state index is -3.04. The van der Waals surface area contributed by atoms with Crippen molar-refractivity contribution in [2.24, 2.45) is 23.1 Å². The van der Waals surface area contributed by atoms with Gasteiger partial charge in [0.2, 0.25) is 11.3 Å². The van der Waals surface area contributed by atoms with Gasteiger partial charge in [0.15, 0.2) is 11.4 Å². The second-order valence-electron chi connectivity index (χ2n) is 9.70. The summed E-state index contributed by atoms with van der Waals surface area (Å²) < 4.78 is 5.65. The highest BCUT2D eigenvalue weighted by atomic mass is 16.6. The first-order valence-corrected chi connectivity index (χ1v) is 12.3. The third-order valence-corrected chi connectivity index (χ3v) is 7.05. The number of nitrogens with two attached hydrogens (primary N) is 3. The molecule has 0 radical (unpaired) electrons. The van der Waals surface area contributed by atoms with Crippen LogP contribution in [0.3, 0.4) is 0 Å². The van der Waals surface area contributed by atoms with E-state index in [4.69, 9.17) is 27.5 Å². The fourth-order valence-corrected chi connectivity index (χ4v) is 4.93. The maximum Gasteiger partial charge on any atom is 0.343 e. The van der Waals surface area contributed by atoms with E-state index in [1.54, 1.807) is 30.3 Å². The fraction of sp³-hybridized carbons (Fsp3) is 0.520. The number of hydrogen-bond acceptors (Lipinski definition) is 10. The monoisotopic (exact) mass is 546 g/mol. The first-order chi connectivity index (χ1) is 18.2. The van der Waals surface area contributed by atoms with E-state index in [2.05, 4.69) is 4.79 Å². The lowest BCUT2D eigenvalue weighted by Crippen LogP contribution is -2.91. The molecule has 1 aromatic carbocycles. The molecule has 0 aliphatic carbocycles. The third-order valence-electron chi connectivity index (χ3n) is 7.05. The van der Waals surface area contributed by atoms with Gasteiger partial charge in [-0.25, -0.2) is 14.5 Å². The van der Waals surface area contributed by atoms with Gasteiger partial charge >= 0.3 is 24.1 Å². The fourth-order valence-electron chi connectivity index (χ4n) is 4.93. The highest BCUT2D eigenvalue weighted by molar-refractivity contribution is 6.28. The zero-order chi connectivity index (χ0) is 29.6. The molecule has 1 aromatic rings. The molecule has 1 aliphatic heterocycles. The predicted molar refractivity (Wildman–Crippen MR) is 136 cm³/mol. The Bertz CT molecular complexity index is 1170. The van der Waals surface area contributed by atoms with Gasteiger partial charge in [-0.05, 0) is 37.3 Å². The number of cyclic esters (lactones) is 1. The molecule has 1 aliphatic rings. The number of aryl methyl sites for hydroxylation is 1. The van der Waals surface area contributed by atoms with Gasteiger partial charge in [-0.3, -0.25) is 20.1 Å². The van der Waals surface area contributed by atoms with Gasteiger partial charge in [0, 0.05) is 6.42 Å². The molecule has 1 heterocycles. The molecule has 14 nitrogen and oxygen atoms in total. The summed E-state index contributed by atoms with van der Waals surface area (Å²) in [5.41, 5.74) is 20.3. The van der Waals surface area contributed by atoms with Gasteiger partial charge in [0.05, 0.1) is 12.5 Å². The van der Waals surface area contributed by atoms with Gasteiger partial charge < -0.3 is 31.9 Å². The molecule has 0 spiro atoms. The summed E-state index contributed by atoms with van der Waals surface area (Å²) >= 11 is 0. The number of ketones is 2. The van der Waals surface area contributed by atoms with Crippen LogP contribution in [-0.2, 0) is 35.1 Å². The van der Waals surface area contributed by atoms with Crippen molar-refractivity contribution in [2.75, 3.05) is 6.54 Å². The van der Waals surface area contributed by atoms with Crippen LogP contribution in [0.15, 0.2) is 30.3 Å². The van der Waals surface area contributed by atoms with E-state index in [0.717, 1.165) is 5.56 Å². The van der Waals surface area contributed by atoms with Crippen molar-refractivity contribution < 1.29 is 43.7 Å². The molecular formula is C25H34N6O8. The molecule has 0 amide bonds. The normalized spacial score (nSPS) is 25.8. The number of ether oxygens (including phenoxy) is 1. The molecule has 8 N–H and O–H groups in total. The summed E-state index contributed by atoms with van der Waals surface area (Å²) in [6.07, 6.45) is -1.44. The van der Waals surface area contributed by atoms with Crippen molar-refractivity contribution >= 4 is 35.7 Å². The molecule has 1 saturated heterocycles. The van der Waals surface area contributed by atoms with Crippen molar-refractivity contribution in [1.29, 1.82) is 0 Å². The van der Waals surface area contributed by atoms with Crippen LogP contribution in [-0.4, -0.2) is 85.1 Å². The molecule has 0 aromatic heterocycles. The molecule has 212 valence electrons. The number of carbonyl (C=O) groups excluding carboxylic acids is 3. The van der Waals surface area contributed by atoms with Crippen LogP contribution in [0, 0.1) is 5.92 Å². The molecule has 14 heteroatoms. The minimum Gasteiger partial charge on any atom is -0.481 e. The number of morpholine rings is 1. The summed E-state index contributed by atoms with van der Waals surface area (Å²) in [6.45, 7) is 2.76. The number of benzene rings is 1. The van der Waals surface area contributed by atoms with Crippen molar-refractivity contribution in [3.8, 4) is 0 Å². The van der Waals surface area contributed by atoms with Crippen LogP contribution >= 0.6 is 0 Å². The zero-order valence-electron chi connectivity index (χ0n) is 21.8. The minimum absolute atomic E-state index is 0.0285. The lowest BCUT2D eigenvalue weighted by Gasteiger charge is -2.60. The average molecular weight is 547 g/mol. The van der Waals surface area contributed by atoms with Crippen molar-refractivity contribution in [2.45, 2.75) is 68.9 Å². The van der Waals surface area contributed by atoms with Crippen molar-refractivity contribution in [3.05, 3.63) is 41.4 Å². The van der Waals surface area contributed by atoms with Gasteiger partial charge in [-0.15, -0.1) is 0 Å². The lowest BCUT2D eigenvalue weighted by molar-refractivity contribution is -0.250. The Kier molecular flexibility index (Phi) is 9.96. The number of aliphatic carboxylic acids is 2. The molecule has 1 fully saturated rings. The Balaban J connectivity index is 2.89. The topological polar surface area (TPSA) is 253 Å². The van der Waals surface area contributed by atoms with Gasteiger partial charge in [-0.2, -0.15) is 4.79 Å². The molecule has 4 unspecified atom stereocenters. The van der Waals surface area contributed by atoms with Crippen LogP contribution < -0.4 is 17.2 Å². The Labute approximate surface area is 224 Å². The van der Waals surface area contributed by atoms with E-state index in [-0.39, 0.29) is 25.8 Å². The Morgan fingerprint density at radius 3 is 2.26 bits per heavy atom. The van der Waals surface area contributed by atoms with E-state index in [1.165, 1.54) is 13.8 Å². The number of hydrogen-bond donors (Lipinski definition) is 5. The second kappa shape index (κ2) is 12.4. The van der Waals surface area contributed by atoms with E-state index >= 15 is 0 Å². The van der Waals surface area contributed by atoms with E-state index in [1.807, 2.05) is 0 Å². The maximum atomic E-state index is 13.9. The zero-order valence-corrected chi connectivity index (χ0v) is 21.8. The Morgan fingerprint density at radius 2 is 1.77 bits per heavy atom. The van der Waals surface area contributed by atoms with E-state index in [0.29, 0.717) is 11.1 Å². The number of carboxylic acids is 2. The summed E-state index contributed by atoms with van der Waals surface area (Å²) in [7, 11) is 0. The SMILES string of the molecule is CC(C)C1(N)C(=O)OC(CCCN)(C(=O)CCc2ccccc2)C(N)(C(=O)O)N1C(CC(=O)O)C(=O)C=[N+]=[N-]. The van der Waals surface area contributed by atoms with Crippen LogP contribution in [0.25, 0.3) is 5.53 Å². The summed E-state index contributed by atoms with van der Waals surface area (Å²) in [5.74, 6) is -7.87. The Hall–Kier alpha value is -3.81. The molecule has 0 saturated carbocycles. The quantitative estimate of drug-likeness (QED) is 0.0839. The summed E-state index contributed by atoms with van der Waals surface area (Å²) in [6, 6.07) is 6.70. The van der Waals surface area contributed by atoms with Crippen LogP contribution in [0.2, 0.25) is 0 Å². The van der Waals surface area contributed by atoms with Crippen LogP contribution in [0.1, 0.15) is 45.1 Å². The number of carboxylic acid groups (broad SMARTS) is 2. The standard InChI is InChI=1S/C25H34N6O8/c1-15(2)24(27)22(38)39-23(11-6-12-26,19(33)10-9-16-7-4-3-5-8-16)25(28,21(36)37)31(24)17(13-20(34)35)18(32)14-30-29/h3-5,7-8,14-15,17H,6,9-13,26-28H2,1-2H3,(H,34,35)(H,36,37). The summed E-state index contributed by atoms with van der Waals surface area (Å²) in [5, 5.41) is 20.2. The first-order valence-electron chi connectivity index (χ1n) is 12.3. The Morgan fingerprint density at radius 1 is 1.15 bits per heavy atom. The third kappa shape index (κ3) is 5.65. The summed E-state index contributed by atoms with van der Waals surface area (Å²) in [4.78, 5) is 68.7. The van der Waals surface area contributed by atoms with Gasteiger partial charge in [-0.1, -0.05) is 44.2 Å². The number of Topliss-reactive ketones (excluding diaryl/α,β-unsaturated/α-hetero) is 2. The van der Waals surface area contributed by atoms with Gasteiger partial charge in [0.1, 0.15) is 0 Å². The molecular weight excluding hydrogens is 512 g/mol. The number of carbonyl (C=O) groups is 5. The molecule has 2 rings (SSSR count). The predicted octanol–water partition coefficient (Wildman–Crippen LogP) is -0.712. The largest absolute Gasteiger partial charge is 0.481 e. The lowest BCUT2D eigenvalue weighted by atomic mass is 9.71. The van der Waals surface area contributed by atoms with E-state index in [9.17, 15) is 34.2 Å². The van der Waals surface area contributed by atoms with Crippen molar-refractivity contribution in [1.82, 2.24) is 4.90 Å². The molecule has 4 atom stereocenters. The smallest absolute Gasteiger partial charge is 0.343 e. The molecule has 0 bridgehead atoms. The number of esters is 1. The van der Waals surface area contributed by atoms with Gasteiger partial charge in [0.25, 0.3) is 5.78 Å². The van der Waals surface area contributed by atoms with Crippen LogP contribution in [0.5, 0.6) is 0 Å². The average Bonchev–Trinajstić information content (AvgIpc) is 2.88. The van der Waals surface area contributed by atoms with E-state index < -0.39 is 71.2 Å². The number of nitrogens with zero attached hydrogens (tertiary/aromatic N) is 3. The van der Waals surface area contributed by atoms with Crippen molar-refractivity contribution in [3.63, 3.8) is 0 Å². The number of rotatable bonds is 14. The second-order valence-corrected chi connectivity index (χ2v) is 9.70. The first kappa shape index (κ1) is 31.4. The highest BCUT2D eigenvalue weighted by Crippen LogP contribution is 2.46.